The van der Waals surface area contributed by atoms with Gasteiger partial charge in [-0.1, -0.05) is 0 Å². The molecule has 0 aromatic heterocycles. The molecule has 1 saturated carbocycles. The molecule has 98 valence electrons. The number of aliphatic hydroxyl groups is 1. The van der Waals surface area contributed by atoms with Crippen LogP contribution in [-0.2, 0) is 4.79 Å². The van der Waals surface area contributed by atoms with E-state index in [4.69, 9.17) is 9.84 Å². The fourth-order valence-electron chi connectivity index (χ4n) is 1.61. The summed E-state index contributed by atoms with van der Waals surface area (Å²) >= 11 is 0. The molecular weight excluding hydrogens is 237 g/mol. The van der Waals surface area contributed by atoms with Crippen molar-refractivity contribution in [1.29, 1.82) is 0 Å². The molecule has 1 fully saturated rings. The molecule has 5 heteroatoms. The predicted molar refractivity (Wildman–Crippen MR) is 63.7 cm³/mol. The number of halogens is 1. The van der Waals surface area contributed by atoms with Crippen molar-refractivity contribution in [3.63, 3.8) is 0 Å². The molecule has 0 saturated heterocycles. The molecule has 0 spiro atoms. The summed E-state index contributed by atoms with van der Waals surface area (Å²) in [6, 6.07) is 5.49. The lowest BCUT2D eigenvalue weighted by Gasteiger charge is -2.19. The number of rotatable bonds is 5. The number of benzene rings is 1. The van der Waals surface area contributed by atoms with Gasteiger partial charge in [0.25, 0.3) is 5.91 Å². The molecule has 1 aromatic carbocycles. The lowest BCUT2D eigenvalue weighted by molar-refractivity contribution is -0.128. The molecule has 1 atom stereocenters. The second kappa shape index (κ2) is 4.94. The van der Waals surface area contributed by atoms with Crippen LogP contribution >= 0.6 is 0 Å². The van der Waals surface area contributed by atoms with E-state index in [0.29, 0.717) is 5.75 Å². The van der Waals surface area contributed by atoms with Gasteiger partial charge in [0.05, 0.1) is 12.1 Å². The minimum Gasteiger partial charge on any atom is -0.481 e. The van der Waals surface area contributed by atoms with Crippen LogP contribution in [0.4, 0.5) is 4.39 Å². The molecule has 1 unspecified atom stereocenters. The highest BCUT2D eigenvalue weighted by Crippen LogP contribution is 2.34. The highest BCUT2D eigenvalue weighted by Gasteiger charge is 2.44. The molecule has 0 heterocycles. The first-order valence-corrected chi connectivity index (χ1v) is 5.90. The van der Waals surface area contributed by atoms with E-state index in [1.54, 1.807) is 6.92 Å². The van der Waals surface area contributed by atoms with E-state index in [2.05, 4.69) is 5.32 Å². The number of hydrogen-bond donors (Lipinski definition) is 2. The summed E-state index contributed by atoms with van der Waals surface area (Å²) in [7, 11) is 0. The molecule has 1 aromatic rings. The third-order valence-corrected chi connectivity index (χ3v) is 3.04. The Morgan fingerprint density at radius 2 is 2.11 bits per heavy atom. The quantitative estimate of drug-likeness (QED) is 0.830. The Kier molecular flexibility index (Phi) is 3.52. The van der Waals surface area contributed by atoms with Gasteiger partial charge in [-0.25, -0.2) is 4.39 Å². The third kappa shape index (κ3) is 2.98. The van der Waals surface area contributed by atoms with Crippen LogP contribution in [0.15, 0.2) is 24.3 Å². The van der Waals surface area contributed by atoms with Crippen molar-refractivity contribution in [2.75, 3.05) is 6.61 Å². The molecular formula is C13H16FNO3. The summed E-state index contributed by atoms with van der Waals surface area (Å²) in [6.07, 6.45) is 0.899. The third-order valence-electron chi connectivity index (χ3n) is 3.04. The van der Waals surface area contributed by atoms with Gasteiger partial charge >= 0.3 is 0 Å². The first kappa shape index (κ1) is 12.8. The maximum Gasteiger partial charge on any atom is 0.261 e. The molecule has 0 radical (unpaired) electrons. The number of carbonyl (C=O) groups excluding carboxylic acids is 1. The molecule has 2 N–H and O–H groups in total. The first-order chi connectivity index (χ1) is 8.54. The van der Waals surface area contributed by atoms with E-state index in [0.717, 1.165) is 12.8 Å². The Balaban J connectivity index is 1.89. The van der Waals surface area contributed by atoms with Crippen LogP contribution in [-0.4, -0.2) is 29.3 Å². The average molecular weight is 253 g/mol. The van der Waals surface area contributed by atoms with E-state index in [9.17, 15) is 9.18 Å². The van der Waals surface area contributed by atoms with Crippen LogP contribution in [0.5, 0.6) is 5.75 Å². The SMILES string of the molecule is CC(Oc1ccc(F)cc1)C(=O)NC1(CO)CC1. The smallest absolute Gasteiger partial charge is 0.261 e. The van der Waals surface area contributed by atoms with Gasteiger partial charge in [-0.3, -0.25) is 4.79 Å². The molecule has 18 heavy (non-hydrogen) atoms. The molecule has 1 aliphatic carbocycles. The van der Waals surface area contributed by atoms with Crippen molar-refractivity contribution in [3.8, 4) is 5.75 Å². The van der Waals surface area contributed by atoms with Crippen molar-refractivity contribution in [2.45, 2.75) is 31.4 Å². The topological polar surface area (TPSA) is 58.6 Å². The number of hydrogen-bond acceptors (Lipinski definition) is 3. The minimum atomic E-state index is -0.681. The molecule has 1 amide bonds. The summed E-state index contributed by atoms with van der Waals surface area (Å²) in [5.41, 5.74) is -0.447. The first-order valence-electron chi connectivity index (χ1n) is 5.90. The van der Waals surface area contributed by atoms with Gasteiger partial charge in [0, 0.05) is 0 Å². The Morgan fingerprint density at radius 1 is 1.50 bits per heavy atom. The molecule has 4 nitrogen and oxygen atoms in total. The van der Waals surface area contributed by atoms with Crippen molar-refractivity contribution >= 4 is 5.91 Å². The van der Waals surface area contributed by atoms with E-state index < -0.39 is 11.6 Å². The summed E-state index contributed by atoms with van der Waals surface area (Å²) in [5.74, 6) is -0.185. The molecule has 1 aliphatic rings. The summed E-state index contributed by atoms with van der Waals surface area (Å²) in [4.78, 5) is 11.8. The Bertz CT molecular complexity index is 428. The summed E-state index contributed by atoms with van der Waals surface area (Å²) in [5, 5.41) is 11.9. The van der Waals surface area contributed by atoms with Crippen LogP contribution in [0.25, 0.3) is 0 Å². The number of nitrogens with one attached hydrogen (secondary N) is 1. The Labute approximate surface area is 105 Å². The standard InChI is InChI=1S/C13H16FNO3/c1-9(12(17)15-13(8-16)6-7-13)18-11-4-2-10(14)3-5-11/h2-5,9,16H,6-8H2,1H3,(H,15,17). The van der Waals surface area contributed by atoms with E-state index in [1.165, 1.54) is 24.3 Å². The van der Waals surface area contributed by atoms with Crippen LogP contribution < -0.4 is 10.1 Å². The lowest BCUT2D eigenvalue weighted by atomic mass is 10.2. The number of aliphatic hydroxyl groups excluding tert-OH is 1. The van der Waals surface area contributed by atoms with Gasteiger partial charge in [-0.2, -0.15) is 0 Å². The van der Waals surface area contributed by atoms with Gasteiger partial charge in [0.2, 0.25) is 0 Å². The van der Waals surface area contributed by atoms with E-state index >= 15 is 0 Å². The monoisotopic (exact) mass is 253 g/mol. The largest absolute Gasteiger partial charge is 0.481 e. The maximum atomic E-state index is 12.7. The molecule has 2 rings (SSSR count). The van der Waals surface area contributed by atoms with Crippen molar-refractivity contribution in [1.82, 2.24) is 5.32 Å². The second-order valence-electron chi connectivity index (χ2n) is 4.64. The second-order valence-corrected chi connectivity index (χ2v) is 4.64. The van der Waals surface area contributed by atoms with Gasteiger partial charge in [-0.05, 0) is 44.0 Å². The van der Waals surface area contributed by atoms with Gasteiger partial charge < -0.3 is 15.2 Å². The fourth-order valence-corrected chi connectivity index (χ4v) is 1.61. The number of carbonyl (C=O) groups is 1. The summed E-state index contributed by atoms with van der Waals surface area (Å²) in [6.45, 7) is 1.56. The average Bonchev–Trinajstić information content (AvgIpc) is 3.12. The summed E-state index contributed by atoms with van der Waals surface area (Å²) < 4.78 is 18.1. The van der Waals surface area contributed by atoms with E-state index in [1.807, 2.05) is 0 Å². The zero-order valence-corrected chi connectivity index (χ0v) is 10.1. The molecule has 0 bridgehead atoms. The van der Waals surface area contributed by atoms with Gasteiger partial charge in [0.1, 0.15) is 11.6 Å². The van der Waals surface area contributed by atoms with Gasteiger partial charge in [-0.15, -0.1) is 0 Å². The van der Waals surface area contributed by atoms with Gasteiger partial charge in [0.15, 0.2) is 6.10 Å². The minimum absolute atomic E-state index is 0.0536. The van der Waals surface area contributed by atoms with Crippen molar-refractivity contribution < 1.29 is 19.0 Å². The highest BCUT2D eigenvalue weighted by molar-refractivity contribution is 5.81. The van der Waals surface area contributed by atoms with E-state index in [-0.39, 0.29) is 18.3 Å². The number of amides is 1. The zero-order chi connectivity index (χ0) is 13.2. The molecule has 0 aliphatic heterocycles. The Morgan fingerprint density at radius 3 is 2.61 bits per heavy atom. The maximum absolute atomic E-state index is 12.7. The zero-order valence-electron chi connectivity index (χ0n) is 10.1. The van der Waals surface area contributed by atoms with Crippen LogP contribution in [0.3, 0.4) is 0 Å². The normalized spacial score (nSPS) is 17.9. The lowest BCUT2D eigenvalue weighted by Crippen LogP contribution is -2.45. The Hall–Kier alpha value is -1.62. The van der Waals surface area contributed by atoms with Crippen LogP contribution in [0.1, 0.15) is 19.8 Å². The predicted octanol–water partition coefficient (Wildman–Crippen LogP) is 1.23. The van der Waals surface area contributed by atoms with Crippen molar-refractivity contribution in [3.05, 3.63) is 30.1 Å². The fraction of sp³-hybridized carbons (Fsp3) is 0.462. The number of ether oxygens (including phenoxy) is 1. The van der Waals surface area contributed by atoms with Crippen molar-refractivity contribution in [2.24, 2.45) is 0 Å². The van der Waals surface area contributed by atoms with Crippen LogP contribution in [0.2, 0.25) is 0 Å². The van der Waals surface area contributed by atoms with Crippen LogP contribution in [0, 0.1) is 5.82 Å². The highest BCUT2D eigenvalue weighted by atomic mass is 19.1.